The molecule has 106 valence electrons. The number of hydrogen-bond donors (Lipinski definition) is 2. The van der Waals surface area contributed by atoms with Gasteiger partial charge in [0, 0.05) is 6.20 Å². The monoisotopic (exact) mass is 273 g/mol. The standard InChI is InChI=1S/C15H19N3O2/c1-11(2)14(10-19)16-15(20)13-8-9-18(17-13)12-6-4-3-5-7-12/h3-9,11,14,19H,10H2,1-2H3,(H,16,20)/t14-/m1/s1. The maximum absolute atomic E-state index is 12.1. The molecule has 20 heavy (non-hydrogen) atoms. The van der Waals surface area contributed by atoms with Crippen LogP contribution in [0.5, 0.6) is 0 Å². The molecule has 0 unspecified atom stereocenters. The van der Waals surface area contributed by atoms with Crippen molar-refractivity contribution in [3.05, 3.63) is 48.3 Å². The molecule has 0 saturated carbocycles. The molecule has 0 aliphatic rings. The van der Waals surface area contributed by atoms with Crippen LogP contribution in [-0.4, -0.2) is 33.4 Å². The fourth-order valence-corrected chi connectivity index (χ4v) is 1.84. The highest BCUT2D eigenvalue weighted by molar-refractivity contribution is 5.92. The van der Waals surface area contributed by atoms with Gasteiger partial charge in [-0.15, -0.1) is 0 Å². The summed E-state index contributed by atoms with van der Waals surface area (Å²) in [5.41, 5.74) is 1.24. The lowest BCUT2D eigenvalue weighted by Crippen LogP contribution is -2.41. The number of nitrogens with zero attached hydrogens (tertiary/aromatic N) is 2. The van der Waals surface area contributed by atoms with Gasteiger partial charge in [0.2, 0.25) is 0 Å². The molecule has 2 aromatic rings. The third kappa shape index (κ3) is 3.24. The second-order valence-corrected chi connectivity index (χ2v) is 4.99. The molecule has 1 heterocycles. The summed E-state index contributed by atoms with van der Waals surface area (Å²) >= 11 is 0. The summed E-state index contributed by atoms with van der Waals surface area (Å²) in [5, 5.41) is 16.3. The van der Waals surface area contributed by atoms with E-state index >= 15 is 0 Å². The van der Waals surface area contributed by atoms with E-state index in [0.717, 1.165) is 5.69 Å². The average molecular weight is 273 g/mol. The molecule has 0 aliphatic carbocycles. The number of amides is 1. The number of hydrogen-bond acceptors (Lipinski definition) is 3. The van der Waals surface area contributed by atoms with Gasteiger partial charge in [-0.05, 0) is 24.1 Å². The van der Waals surface area contributed by atoms with Gasteiger partial charge in [-0.3, -0.25) is 4.79 Å². The summed E-state index contributed by atoms with van der Waals surface area (Å²) in [6, 6.07) is 11.0. The lowest BCUT2D eigenvalue weighted by molar-refractivity contribution is 0.0891. The van der Waals surface area contributed by atoms with Gasteiger partial charge in [0.15, 0.2) is 5.69 Å². The second-order valence-electron chi connectivity index (χ2n) is 4.99. The van der Waals surface area contributed by atoms with Gasteiger partial charge in [-0.1, -0.05) is 32.0 Å². The van der Waals surface area contributed by atoms with Crippen LogP contribution in [0.2, 0.25) is 0 Å². The van der Waals surface area contributed by atoms with Crippen LogP contribution in [0, 0.1) is 5.92 Å². The Morgan fingerprint density at radius 1 is 1.30 bits per heavy atom. The number of carbonyl (C=O) groups excluding carboxylic acids is 1. The van der Waals surface area contributed by atoms with Gasteiger partial charge in [-0.25, -0.2) is 4.68 Å². The average Bonchev–Trinajstić information content (AvgIpc) is 2.95. The van der Waals surface area contributed by atoms with Crippen LogP contribution in [0.25, 0.3) is 5.69 Å². The van der Waals surface area contributed by atoms with Crippen LogP contribution in [0.1, 0.15) is 24.3 Å². The van der Waals surface area contributed by atoms with Crippen molar-refractivity contribution < 1.29 is 9.90 Å². The Bertz CT molecular complexity index is 564. The second kappa shape index (κ2) is 6.34. The molecular weight excluding hydrogens is 254 g/mol. The number of para-hydroxylation sites is 1. The Kier molecular flexibility index (Phi) is 4.53. The summed E-state index contributed by atoms with van der Waals surface area (Å²) < 4.78 is 1.65. The molecular formula is C15H19N3O2. The molecule has 2 N–H and O–H groups in total. The molecule has 2 rings (SSSR count). The van der Waals surface area contributed by atoms with E-state index in [1.165, 1.54) is 0 Å². The van der Waals surface area contributed by atoms with E-state index < -0.39 is 0 Å². The summed E-state index contributed by atoms with van der Waals surface area (Å²) in [6.07, 6.45) is 1.74. The van der Waals surface area contributed by atoms with E-state index in [4.69, 9.17) is 0 Å². The smallest absolute Gasteiger partial charge is 0.272 e. The predicted octanol–water partition coefficient (Wildman–Crippen LogP) is 1.62. The minimum atomic E-state index is -0.271. The van der Waals surface area contributed by atoms with E-state index in [2.05, 4.69) is 10.4 Å². The van der Waals surface area contributed by atoms with Gasteiger partial charge in [0.05, 0.1) is 18.3 Å². The van der Waals surface area contributed by atoms with E-state index in [1.807, 2.05) is 44.2 Å². The molecule has 5 nitrogen and oxygen atoms in total. The minimum absolute atomic E-state index is 0.0806. The fourth-order valence-electron chi connectivity index (χ4n) is 1.84. The summed E-state index contributed by atoms with van der Waals surface area (Å²) in [5.74, 6) is -0.104. The third-order valence-electron chi connectivity index (χ3n) is 3.16. The largest absolute Gasteiger partial charge is 0.394 e. The van der Waals surface area contributed by atoms with E-state index in [9.17, 15) is 9.90 Å². The maximum Gasteiger partial charge on any atom is 0.272 e. The number of rotatable bonds is 5. The first-order valence-electron chi connectivity index (χ1n) is 6.64. The molecule has 5 heteroatoms. The molecule has 0 radical (unpaired) electrons. The van der Waals surface area contributed by atoms with Crippen molar-refractivity contribution in [3.63, 3.8) is 0 Å². The Morgan fingerprint density at radius 3 is 2.60 bits per heavy atom. The quantitative estimate of drug-likeness (QED) is 0.870. The van der Waals surface area contributed by atoms with Crippen molar-refractivity contribution in [2.24, 2.45) is 5.92 Å². The Labute approximate surface area is 118 Å². The molecule has 0 bridgehead atoms. The first-order valence-corrected chi connectivity index (χ1v) is 6.64. The van der Waals surface area contributed by atoms with Crippen LogP contribution in [-0.2, 0) is 0 Å². The van der Waals surface area contributed by atoms with Crippen LogP contribution < -0.4 is 5.32 Å². The molecule has 0 spiro atoms. The molecule has 1 atom stereocenters. The zero-order valence-electron chi connectivity index (χ0n) is 11.7. The molecule has 0 saturated heterocycles. The zero-order valence-corrected chi connectivity index (χ0v) is 11.7. The highest BCUT2D eigenvalue weighted by Gasteiger charge is 2.17. The van der Waals surface area contributed by atoms with Gasteiger partial charge < -0.3 is 10.4 Å². The summed E-state index contributed by atoms with van der Waals surface area (Å²) in [6.45, 7) is 3.82. The van der Waals surface area contributed by atoms with Crippen molar-refractivity contribution in [2.45, 2.75) is 19.9 Å². The summed E-state index contributed by atoms with van der Waals surface area (Å²) in [7, 11) is 0. The van der Waals surface area contributed by atoms with Crippen LogP contribution in [0.4, 0.5) is 0 Å². The first-order chi connectivity index (χ1) is 9.61. The Hall–Kier alpha value is -2.14. The van der Waals surface area contributed by atoms with Gasteiger partial charge >= 0.3 is 0 Å². The van der Waals surface area contributed by atoms with Crippen LogP contribution >= 0.6 is 0 Å². The van der Waals surface area contributed by atoms with Gasteiger partial charge in [0.1, 0.15) is 0 Å². The minimum Gasteiger partial charge on any atom is -0.394 e. The van der Waals surface area contributed by atoms with Crippen LogP contribution in [0.3, 0.4) is 0 Å². The van der Waals surface area contributed by atoms with Crippen molar-refractivity contribution in [3.8, 4) is 5.69 Å². The van der Waals surface area contributed by atoms with Crippen molar-refractivity contribution in [2.75, 3.05) is 6.61 Å². The highest BCUT2D eigenvalue weighted by atomic mass is 16.3. The Balaban J connectivity index is 2.11. The number of benzene rings is 1. The maximum atomic E-state index is 12.1. The van der Waals surface area contributed by atoms with E-state index in [0.29, 0.717) is 5.69 Å². The number of nitrogens with one attached hydrogen (secondary N) is 1. The van der Waals surface area contributed by atoms with Crippen molar-refractivity contribution >= 4 is 5.91 Å². The topological polar surface area (TPSA) is 67.2 Å². The number of carbonyl (C=O) groups is 1. The molecule has 1 aromatic carbocycles. The summed E-state index contributed by atoms with van der Waals surface area (Å²) in [4.78, 5) is 12.1. The molecule has 1 amide bonds. The number of aliphatic hydroxyl groups is 1. The van der Waals surface area contributed by atoms with Gasteiger partial charge in [0.25, 0.3) is 5.91 Å². The lowest BCUT2D eigenvalue weighted by atomic mass is 10.1. The Morgan fingerprint density at radius 2 is 2.00 bits per heavy atom. The molecule has 0 fully saturated rings. The highest BCUT2D eigenvalue weighted by Crippen LogP contribution is 2.08. The van der Waals surface area contributed by atoms with Crippen LogP contribution in [0.15, 0.2) is 42.6 Å². The lowest BCUT2D eigenvalue weighted by Gasteiger charge is -2.19. The molecule has 0 aliphatic heterocycles. The molecule has 1 aromatic heterocycles. The SMILES string of the molecule is CC(C)[C@@H](CO)NC(=O)c1ccn(-c2ccccc2)n1. The van der Waals surface area contributed by atoms with Crippen molar-refractivity contribution in [1.29, 1.82) is 0 Å². The third-order valence-corrected chi connectivity index (χ3v) is 3.16. The van der Waals surface area contributed by atoms with Crippen molar-refractivity contribution in [1.82, 2.24) is 15.1 Å². The first kappa shape index (κ1) is 14.3. The normalized spacial score (nSPS) is 12.4. The fraction of sp³-hybridized carbons (Fsp3) is 0.333. The van der Waals surface area contributed by atoms with E-state index in [1.54, 1.807) is 16.9 Å². The number of aliphatic hydroxyl groups excluding tert-OH is 1. The predicted molar refractivity (Wildman–Crippen MR) is 76.7 cm³/mol. The van der Waals surface area contributed by atoms with Gasteiger partial charge in [-0.2, -0.15) is 5.10 Å². The van der Waals surface area contributed by atoms with E-state index in [-0.39, 0.29) is 24.5 Å². The number of aromatic nitrogens is 2. The zero-order chi connectivity index (χ0) is 14.5.